The Bertz CT molecular complexity index is 985. The Labute approximate surface area is 183 Å². The first-order chi connectivity index (χ1) is 14.3. The molecule has 0 bridgehead atoms. The number of carbonyl (C=O) groups is 1. The molecule has 6 nitrogen and oxygen atoms in total. The van der Waals surface area contributed by atoms with Crippen LogP contribution in [-0.2, 0) is 14.8 Å². The summed E-state index contributed by atoms with van der Waals surface area (Å²) in [7, 11) is -3.57. The molecule has 2 aromatic carbocycles. The molecule has 1 N–H and O–H groups in total. The number of halogens is 1. The fraction of sp³-hybridized carbons (Fsp3) is 0.409. The molecular formula is C22H27ClN2O4S. The second kappa shape index (κ2) is 9.81. The number of rotatable bonds is 7. The second-order valence-electron chi connectivity index (χ2n) is 7.67. The second-order valence-corrected chi connectivity index (χ2v) is 10.0. The third kappa shape index (κ3) is 5.53. The molecule has 1 aliphatic heterocycles. The Balaban J connectivity index is 1.59. The van der Waals surface area contributed by atoms with E-state index >= 15 is 0 Å². The number of sulfonamides is 1. The van der Waals surface area contributed by atoms with Crippen LogP contribution < -0.4 is 10.1 Å². The lowest BCUT2D eigenvalue weighted by Gasteiger charge is -2.26. The van der Waals surface area contributed by atoms with Crippen molar-refractivity contribution in [3.63, 3.8) is 0 Å². The third-order valence-corrected chi connectivity index (χ3v) is 7.27. The predicted octanol–water partition coefficient (Wildman–Crippen LogP) is 4.66. The van der Waals surface area contributed by atoms with E-state index in [1.54, 1.807) is 0 Å². The minimum atomic E-state index is -3.57. The van der Waals surface area contributed by atoms with Crippen LogP contribution in [0.2, 0.25) is 5.02 Å². The molecule has 8 heteroatoms. The van der Waals surface area contributed by atoms with Crippen LogP contribution in [0.25, 0.3) is 0 Å². The van der Waals surface area contributed by atoms with Gasteiger partial charge in [-0.2, -0.15) is 4.31 Å². The van der Waals surface area contributed by atoms with Crippen LogP contribution >= 0.6 is 11.6 Å². The number of nitrogens with zero attached hydrogens (tertiary/aromatic N) is 1. The van der Waals surface area contributed by atoms with Gasteiger partial charge in [-0.15, -0.1) is 0 Å². The molecule has 162 valence electrons. The zero-order valence-electron chi connectivity index (χ0n) is 17.2. The molecular weight excluding hydrogens is 424 g/mol. The van der Waals surface area contributed by atoms with E-state index < -0.39 is 10.0 Å². The number of hydrogen-bond acceptors (Lipinski definition) is 4. The first-order valence-corrected chi connectivity index (χ1v) is 11.9. The maximum atomic E-state index is 12.7. The van der Waals surface area contributed by atoms with Crippen LogP contribution in [0.15, 0.2) is 47.4 Å². The van der Waals surface area contributed by atoms with E-state index in [4.69, 9.17) is 16.3 Å². The highest BCUT2D eigenvalue weighted by Gasteiger charge is 2.26. The zero-order chi connectivity index (χ0) is 21.7. The van der Waals surface area contributed by atoms with Gasteiger partial charge in [0.25, 0.3) is 5.91 Å². The summed E-state index contributed by atoms with van der Waals surface area (Å²) < 4.78 is 32.5. The van der Waals surface area contributed by atoms with Crippen LogP contribution in [0.4, 0.5) is 5.69 Å². The molecule has 0 unspecified atom stereocenters. The van der Waals surface area contributed by atoms with Gasteiger partial charge < -0.3 is 10.1 Å². The van der Waals surface area contributed by atoms with E-state index in [-0.39, 0.29) is 28.2 Å². The lowest BCUT2D eigenvalue weighted by Crippen LogP contribution is -2.35. The fourth-order valence-electron chi connectivity index (χ4n) is 3.31. The molecule has 1 fully saturated rings. The molecule has 3 rings (SSSR count). The van der Waals surface area contributed by atoms with Crippen LogP contribution in [0.5, 0.6) is 5.75 Å². The van der Waals surface area contributed by atoms with Crippen molar-refractivity contribution in [1.82, 2.24) is 4.31 Å². The summed E-state index contributed by atoms with van der Waals surface area (Å²) in [6, 6.07) is 12.0. The quantitative estimate of drug-likeness (QED) is 0.665. The predicted molar refractivity (Wildman–Crippen MR) is 119 cm³/mol. The Morgan fingerprint density at radius 3 is 2.37 bits per heavy atom. The standard InChI is InChI=1S/C22H27ClN2O4S/c1-16(2)17-6-8-18(9-7-17)24-22(26)15-29-21-11-10-19(14-20(21)23)30(27,28)25-12-4-3-5-13-25/h6-11,14,16H,3-5,12-13,15H2,1-2H3,(H,24,26). The summed E-state index contributed by atoms with van der Waals surface area (Å²) in [5.74, 6) is 0.356. The minimum absolute atomic E-state index is 0.136. The third-order valence-electron chi connectivity index (χ3n) is 5.08. The van der Waals surface area contributed by atoms with Crippen molar-refractivity contribution in [1.29, 1.82) is 0 Å². The Morgan fingerprint density at radius 2 is 1.77 bits per heavy atom. The van der Waals surface area contributed by atoms with Crippen LogP contribution in [0, 0.1) is 0 Å². The Kier molecular flexibility index (Phi) is 7.39. The normalized spacial score (nSPS) is 15.2. The average molecular weight is 451 g/mol. The molecule has 0 atom stereocenters. The number of piperidine rings is 1. The zero-order valence-corrected chi connectivity index (χ0v) is 18.8. The average Bonchev–Trinajstić information content (AvgIpc) is 2.73. The van der Waals surface area contributed by atoms with Gasteiger partial charge in [0.15, 0.2) is 6.61 Å². The van der Waals surface area contributed by atoms with Crippen molar-refractivity contribution in [3.05, 3.63) is 53.1 Å². The number of anilines is 1. The molecule has 0 saturated carbocycles. The molecule has 2 aromatic rings. The lowest BCUT2D eigenvalue weighted by molar-refractivity contribution is -0.118. The molecule has 1 aliphatic rings. The number of nitrogens with one attached hydrogen (secondary N) is 1. The topological polar surface area (TPSA) is 75.7 Å². The highest BCUT2D eigenvalue weighted by molar-refractivity contribution is 7.89. The van der Waals surface area contributed by atoms with Gasteiger partial charge in [0.05, 0.1) is 9.92 Å². The highest BCUT2D eigenvalue weighted by atomic mass is 35.5. The Hall–Kier alpha value is -2.09. The van der Waals surface area contributed by atoms with Crippen LogP contribution in [0.1, 0.15) is 44.6 Å². The molecule has 30 heavy (non-hydrogen) atoms. The van der Waals surface area contributed by atoms with E-state index in [1.807, 2.05) is 24.3 Å². The minimum Gasteiger partial charge on any atom is -0.482 e. The SMILES string of the molecule is CC(C)c1ccc(NC(=O)COc2ccc(S(=O)(=O)N3CCCCC3)cc2Cl)cc1. The number of ether oxygens (including phenoxy) is 1. The molecule has 0 spiro atoms. The largest absolute Gasteiger partial charge is 0.482 e. The summed E-state index contributed by atoms with van der Waals surface area (Å²) in [6.45, 7) is 5.03. The molecule has 0 aliphatic carbocycles. The first kappa shape index (κ1) is 22.6. The number of benzene rings is 2. The van der Waals surface area contributed by atoms with E-state index in [2.05, 4.69) is 19.2 Å². The number of amides is 1. The van der Waals surface area contributed by atoms with Crippen LogP contribution in [0.3, 0.4) is 0 Å². The van der Waals surface area contributed by atoms with Gasteiger partial charge in [0, 0.05) is 18.8 Å². The van der Waals surface area contributed by atoms with Gasteiger partial charge >= 0.3 is 0 Å². The van der Waals surface area contributed by atoms with Crippen molar-refractivity contribution < 1.29 is 17.9 Å². The fourth-order valence-corrected chi connectivity index (χ4v) is 5.15. The van der Waals surface area contributed by atoms with Crippen molar-refractivity contribution >= 4 is 33.2 Å². The van der Waals surface area contributed by atoms with Gasteiger partial charge in [0.2, 0.25) is 10.0 Å². The number of carbonyl (C=O) groups excluding carboxylic acids is 1. The lowest BCUT2D eigenvalue weighted by atomic mass is 10.0. The first-order valence-electron chi connectivity index (χ1n) is 10.1. The molecule has 0 radical (unpaired) electrons. The van der Waals surface area contributed by atoms with Crippen LogP contribution in [-0.4, -0.2) is 38.3 Å². The van der Waals surface area contributed by atoms with Gasteiger partial charge in [-0.3, -0.25) is 4.79 Å². The van der Waals surface area contributed by atoms with Gasteiger partial charge in [-0.25, -0.2) is 8.42 Å². The van der Waals surface area contributed by atoms with E-state index in [0.717, 1.165) is 19.3 Å². The molecule has 0 aromatic heterocycles. The molecule has 1 amide bonds. The van der Waals surface area contributed by atoms with E-state index in [0.29, 0.717) is 24.7 Å². The summed E-state index contributed by atoms with van der Waals surface area (Å²) in [5.41, 5.74) is 1.87. The maximum absolute atomic E-state index is 12.7. The molecule has 1 saturated heterocycles. The molecule has 1 heterocycles. The summed E-state index contributed by atoms with van der Waals surface area (Å²) in [6.07, 6.45) is 2.77. The number of hydrogen-bond donors (Lipinski definition) is 1. The van der Waals surface area contributed by atoms with Crippen molar-refractivity contribution in [2.24, 2.45) is 0 Å². The smallest absolute Gasteiger partial charge is 0.262 e. The van der Waals surface area contributed by atoms with Gasteiger partial charge in [-0.05, 0) is 54.7 Å². The maximum Gasteiger partial charge on any atom is 0.262 e. The monoisotopic (exact) mass is 450 g/mol. The Morgan fingerprint density at radius 1 is 1.10 bits per heavy atom. The summed E-state index contributed by atoms with van der Waals surface area (Å²) in [4.78, 5) is 12.3. The summed E-state index contributed by atoms with van der Waals surface area (Å²) >= 11 is 6.23. The van der Waals surface area contributed by atoms with Crippen molar-refractivity contribution in [2.45, 2.75) is 43.9 Å². The van der Waals surface area contributed by atoms with E-state index in [9.17, 15) is 13.2 Å². The summed E-state index contributed by atoms with van der Waals surface area (Å²) in [5, 5.41) is 2.92. The van der Waals surface area contributed by atoms with Gasteiger partial charge in [-0.1, -0.05) is 44.0 Å². The van der Waals surface area contributed by atoms with Crippen molar-refractivity contribution in [2.75, 3.05) is 25.0 Å². The highest BCUT2D eigenvalue weighted by Crippen LogP contribution is 2.29. The van der Waals surface area contributed by atoms with Gasteiger partial charge in [0.1, 0.15) is 5.75 Å². The van der Waals surface area contributed by atoms with E-state index in [1.165, 1.54) is 28.1 Å². The van der Waals surface area contributed by atoms with Crippen molar-refractivity contribution in [3.8, 4) is 5.75 Å².